The third-order valence-electron chi connectivity index (χ3n) is 2.92. The quantitative estimate of drug-likeness (QED) is 0.454. The molecular weight excluding hydrogens is 395 g/mol. The zero-order chi connectivity index (χ0) is 18.6. The minimum absolute atomic E-state index is 0.0334. The highest BCUT2D eigenvalue weighted by atomic mass is 35.5. The molecule has 2 rings (SSSR count). The summed E-state index contributed by atoms with van der Waals surface area (Å²) < 4.78 is 4.81. The first-order valence-corrected chi connectivity index (χ1v) is 7.77. The molecule has 0 aliphatic rings. The Morgan fingerprint density at radius 1 is 1.08 bits per heavy atom. The number of hydrogen-bond donors (Lipinski definition) is 1. The molecule has 7 nitrogen and oxygen atoms in total. The van der Waals surface area contributed by atoms with E-state index in [0.717, 1.165) is 12.1 Å². The van der Waals surface area contributed by atoms with Crippen molar-refractivity contribution < 1.29 is 19.2 Å². The number of nitro groups is 1. The van der Waals surface area contributed by atoms with E-state index in [1.807, 2.05) is 0 Å². The van der Waals surface area contributed by atoms with Gasteiger partial charge in [0.15, 0.2) is 6.61 Å². The lowest BCUT2D eigenvalue weighted by molar-refractivity contribution is -0.384. The predicted octanol–water partition coefficient (Wildman–Crippen LogP) is 4.35. The lowest BCUT2D eigenvalue weighted by Gasteiger charge is -2.09. The van der Waals surface area contributed by atoms with Gasteiger partial charge in [-0.15, -0.1) is 0 Å². The van der Waals surface area contributed by atoms with Gasteiger partial charge in [-0.1, -0.05) is 34.8 Å². The molecule has 0 saturated carbocycles. The zero-order valence-electron chi connectivity index (χ0n) is 12.3. The standard InChI is InChI=1S/C15H9Cl3N2O5/c16-8-1-3-12(18)13(5-8)19-14(21)7-25-15(22)10-6-9(20(23)24)2-4-11(10)17/h1-6H,7H2,(H,19,21). The molecule has 130 valence electrons. The number of ether oxygens (including phenoxy) is 1. The summed E-state index contributed by atoms with van der Waals surface area (Å²) in [5, 5.41) is 13.8. The van der Waals surface area contributed by atoms with Gasteiger partial charge in [-0.25, -0.2) is 4.79 Å². The summed E-state index contributed by atoms with van der Waals surface area (Å²) in [5.41, 5.74) is -0.292. The van der Waals surface area contributed by atoms with E-state index in [1.54, 1.807) is 6.07 Å². The first-order valence-electron chi connectivity index (χ1n) is 6.64. The van der Waals surface area contributed by atoms with Gasteiger partial charge in [-0.3, -0.25) is 14.9 Å². The van der Waals surface area contributed by atoms with Crippen LogP contribution >= 0.6 is 34.8 Å². The summed E-state index contributed by atoms with van der Waals surface area (Å²) in [5.74, 6) is -1.64. The fraction of sp³-hybridized carbons (Fsp3) is 0.0667. The van der Waals surface area contributed by atoms with Gasteiger partial charge < -0.3 is 10.1 Å². The minimum atomic E-state index is -0.971. The number of anilines is 1. The molecule has 2 aromatic rings. The van der Waals surface area contributed by atoms with E-state index < -0.39 is 23.4 Å². The van der Waals surface area contributed by atoms with Crippen molar-refractivity contribution in [1.82, 2.24) is 0 Å². The lowest BCUT2D eigenvalue weighted by atomic mass is 10.2. The van der Waals surface area contributed by atoms with Crippen LogP contribution in [-0.2, 0) is 9.53 Å². The van der Waals surface area contributed by atoms with Crippen molar-refractivity contribution in [3.63, 3.8) is 0 Å². The molecule has 0 aliphatic heterocycles. The molecule has 0 bridgehead atoms. The summed E-state index contributed by atoms with van der Waals surface area (Å²) in [6.45, 7) is -0.638. The molecule has 0 heterocycles. The maximum atomic E-state index is 12.0. The van der Waals surface area contributed by atoms with E-state index in [9.17, 15) is 19.7 Å². The number of hydrogen-bond acceptors (Lipinski definition) is 5. The Balaban J connectivity index is 2.02. The van der Waals surface area contributed by atoms with Gasteiger partial charge in [0.25, 0.3) is 11.6 Å². The van der Waals surface area contributed by atoms with Crippen LogP contribution in [0, 0.1) is 10.1 Å². The SMILES string of the molecule is O=C(COC(=O)c1cc([N+](=O)[O-])ccc1Cl)Nc1cc(Cl)ccc1Cl. The molecule has 1 amide bonds. The number of carbonyl (C=O) groups excluding carboxylic acids is 2. The highest BCUT2D eigenvalue weighted by molar-refractivity contribution is 6.35. The summed E-state index contributed by atoms with van der Waals surface area (Å²) in [7, 11) is 0. The molecule has 1 N–H and O–H groups in total. The van der Waals surface area contributed by atoms with Gasteiger partial charge in [-0.2, -0.15) is 0 Å². The number of nitrogens with zero attached hydrogens (tertiary/aromatic N) is 1. The molecule has 0 atom stereocenters. The molecule has 0 aromatic heterocycles. The van der Waals surface area contributed by atoms with Gasteiger partial charge in [0.1, 0.15) is 0 Å². The second kappa shape index (κ2) is 8.15. The second-order valence-corrected chi connectivity index (χ2v) is 5.92. The number of non-ortho nitro benzene ring substituents is 1. The van der Waals surface area contributed by atoms with Crippen molar-refractivity contribution in [3.8, 4) is 0 Å². The van der Waals surface area contributed by atoms with Gasteiger partial charge >= 0.3 is 5.97 Å². The minimum Gasteiger partial charge on any atom is -0.452 e. The van der Waals surface area contributed by atoms with Crippen LogP contribution in [0.5, 0.6) is 0 Å². The molecule has 2 aromatic carbocycles. The topological polar surface area (TPSA) is 98.5 Å². The van der Waals surface area contributed by atoms with Crippen LogP contribution in [0.1, 0.15) is 10.4 Å². The van der Waals surface area contributed by atoms with Crippen LogP contribution in [0.2, 0.25) is 15.1 Å². The monoisotopic (exact) mass is 402 g/mol. The van der Waals surface area contributed by atoms with E-state index >= 15 is 0 Å². The Hall–Kier alpha value is -2.35. The maximum absolute atomic E-state index is 12.0. The van der Waals surface area contributed by atoms with Crippen LogP contribution < -0.4 is 5.32 Å². The number of amides is 1. The number of halogens is 3. The molecule has 0 spiro atoms. The van der Waals surface area contributed by atoms with Crippen molar-refractivity contribution >= 4 is 58.1 Å². The molecule has 0 fully saturated rings. The van der Waals surface area contributed by atoms with Crippen LogP contribution in [0.3, 0.4) is 0 Å². The van der Waals surface area contributed by atoms with Gasteiger partial charge in [0.05, 0.1) is 26.2 Å². The van der Waals surface area contributed by atoms with E-state index in [2.05, 4.69) is 5.32 Å². The number of benzene rings is 2. The summed E-state index contributed by atoms with van der Waals surface area (Å²) in [6, 6.07) is 7.78. The molecule has 10 heteroatoms. The second-order valence-electron chi connectivity index (χ2n) is 4.67. The first-order chi connectivity index (χ1) is 11.8. The van der Waals surface area contributed by atoms with Crippen LogP contribution in [-0.4, -0.2) is 23.4 Å². The van der Waals surface area contributed by atoms with Gasteiger partial charge in [0, 0.05) is 17.2 Å². The Bertz CT molecular complexity index is 857. The third-order valence-corrected chi connectivity index (χ3v) is 3.81. The van der Waals surface area contributed by atoms with Crippen LogP contribution in [0.15, 0.2) is 36.4 Å². The summed E-state index contributed by atoms with van der Waals surface area (Å²) >= 11 is 17.5. The van der Waals surface area contributed by atoms with E-state index in [4.69, 9.17) is 39.5 Å². The highest BCUT2D eigenvalue weighted by Crippen LogP contribution is 2.25. The van der Waals surface area contributed by atoms with Gasteiger partial charge in [0.2, 0.25) is 0 Å². The molecule has 0 unspecified atom stereocenters. The van der Waals surface area contributed by atoms with Crippen molar-refractivity contribution in [3.05, 3.63) is 67.1 Å². The molecule has 25 heavy (non-hydrogen) atoms. The Labute approximate surface area is 156 Å². The predicted molar refractivity (Wildman–Crippen MR) is 93.5 cm³/mol. The Morgan fingerprint density at radius 2 is 1.76 bits per heavy atom. The summed E-state index contributed by atoms with van der Waals surface area (Å²) in [6.07, 6.45) is 0. The molecule has 0 saturated heterocycles. The average Bonchev–Trinajstić information content (AvgIpc) is 2.56. The lowest BCUT2D eigenvalue weighted by Crippen LogP contribution is -2.21. The number of carbonyl (C=O) groups is 2. The Kier molecular flexibility index (Phi) is 6.19. The van der Waals surface area contributed by atoms with Crippen molar-refractivity contribution in [1.29, 1.82) is 0 Å². The first kappa shape index (κ1) is 19.0. The third kappa shape index (κ3) is 5.06. The number of rotatable bonds is 5. The largest absolute Gasteiger partial charge is 0.452 e. The van der Waals surface area contributed by atoms with E-state index in [0.29, 0.717) is 5.02 Å². The van der Waals surface area contributed by atoms with Crippen LogP contribution in [0.25, 0.3) is 0 Å². The van der Waals surface area contributed by atoms with Crippen molar-refractivity contribution in [2.75, 3.05) is 11.9 Å². The Morgan fingerprint density at radius 3 is 2.44 bits per heavy atom. The van der Waals surface area contributed by atoms with Crippen molar-refractivity contribution in [2.45, 2.75) is 0 Å². The highest BCUT2D eigenvalue weighted by Gasteiger charge is 2.18. The molecule has 0 aliphatic carbocycles. The smallest absolute Gasteiger partial charge is 0.340 e. The van der Waals surface area contributed by atoms with Gasteiger partial charge in [-0.05, 0) is 24.3 Å². The van der Waals surface area contributed by atoms with E-state index in [1.165, 1.54) is 18.2 Å². The fourth-order valence-electron chi connectivity index (χ4n) is 1.77. The molecule has 0 radical (unpaired) electrons. The van der Waals surface area contributed by atoms with Crippen LogP contribution in [0.4, 0.5) is 11.4 Å². The number of nitrogens with one attached hydrogen (secondary N) is 1. The summed E-state index contributed by atoms with van der Waals surface area (Å²) in [4.78, 5) is 33.9. The average molecular weight is 404 g/mol. The fourth-order valence-corrected chi connectivity index (χ4v) is 2.30. The number of nitro benzene ring substituents is 1. The number of esters is 1. The van der Waals surface area contributed by atoms with E-state index in [-0.39, 0.29) is 27.0 Å². The van der Waals surface area contributed by atoms with Crippen molar-refractivity contribution in [2.24, 2.45) is 0 Å². The zero-order valence-corrected chi connectivity index (χ0v) is 14.6. The molecular formula is C15H9Cl3N2O5. The maximum Gasteiger partial charge on any atom is 0.340 e. The normalized spacial score (nSPS) is 10.2.